The Kier molecular flexibility index (Phi) is 4.98. The third-order valence-electron chi connectivity index (χ3n) is 3.26. The molecule has 21 heavy (non-hydrogen) atoms. The van der Waals surface area contributed by atoms with Gasteiger partial charge < -0.3 is 10.2 Å². The van der Waals surface area contributed by atoms with Crippen molar-refractivity contribution < 1.29 is 4.79 Å². The van der Waals surface area contributed by atoms with Crippen LogP contribution in [0.3, 0.4) is 0 Å². The Morgan fingerprint density at radius 3 is 2.62 bits per heavy atom. The highest BCUT2D eigenvalue weighted by Crippen LogP contribution is 2.15. The van der Waals surface area contributed by atoms with Crippen molar-refractivity contribution in [2.45, 2.75) is 26.8 Å². The lowest BCUT2D eigenvalue weighted by Gasteiger charge is -2.22. The van der Waals surface area contributed by atoms with Crippen molar-refractivity contribution in [1.29, 1.82) is 0 Å². The van der Waals surface area contributed by atoms with Crippen LogP contribution in [0.4, 0.5) is 11.5 Å². The molecule has 1 aromatic carbocycles. The zero-order valence-corrected chi connectivity index (χ0v) is 12.8. The van der Waals surface area contributed by atoms with E-state index in [9.17, 15) is 4.79 Å². The van der Waals surface area contributed by atoms with E-state index in [2.05, 4.69) is 10.4 Å². The topological polar surface area (TPSA) is 50.2 Å². The Morgan fingerprint density at radius 1 is 1.29 bits per heavy atom. The average molecular weight is 286 g/mol. The van der Waals surface area contributed by atoms with Gasteiger partial charge >= 0.3 is 0 Å². The molecule has 5 heteroatoms. The van der Waals surface area contributed by atoms with Gasteiger partial charge in [-0.3, -0.25) is 4.79 Å². The van der Waals surface area contributed by atoms with Gasteiger partial charge in [0.1, 0.15) is 5.82 Å². The van der Waals surface area contributed by atoms with E-state index in [0.717, 1.165) is 18.1 Å². The van der Waals surface area contributed by atoms with E-state index in [4.69, 9.17) is 0 Å². The van der Waals surface area contributed by atoms with Gasteiger partial charge in [-0.1, -0.05) is 18.2 Å². The summed E-state index contributed by atoms with van der Waals surface area (Å²) in [6.45, 7) is 7.21. The molecule has 112 valence electrons. The van der Waals surface area contributed by atoms with Crippen LogP contribution in [0.2, 0.25) is 0 Å². The maximum absolute atomic E-state index is 12.2. The molecule has 1 aromatic heterocycles. The Balaban J connectivity index is 2.02. The molecule has 0 atom stereocenters. The fourth-order valence-electron chi connectivity index (χ4n) is 2.20. The first-order valence-corrected chi connectivity index (χ1v) is 7.25. The normalized spacial score (nSPS) is 10.7. The van der Waals surface area contributed by atoms with Crippen LogP contribution in [0, 0.1) is 0 Å². The van der Waals surface area contributed by atoms with Crippen molar-refractivity contribution in [2.24, 2.45) is 0 Å². The fourth-order valence-corrected chi connectivity index (χ4v) is 2.20. The van der Waals surface area contributed by atoms with Crippen LogP contribution in [0.5, 0.6) is 0 Å². The summed E-state index contributed by atoms with van der Waals surface area (Å²) in [5, 5.41) is 7.14. The monoisotopic (exact) mass is 286 g/mol. The summed E-state index contributed by atoms with van der Waals surface area (Å²) in [6.07, 6.45) is 1.70. The molecule has 2 aromatic rings. The minimum Gasteiger partial charge on any atom is -0.362 e. The number of para-hydroxylation sites is 1. The standard InChI is InChI=1S/C16H22N4O/c1-4-19(14-8-6-5-7-9-14)12-16(21)18-15-10-11-17-20(15)13(2)3/h5-11,13H,4,12H2,1-3H3,(H,18,21). The predicted octanol–water partition coefficient (Wildman–Crippen LogP) is 2.93. The molecule has 0 bridgehead atoms. The number of hydrogen-bond donors (Lipinski definition) is 1. The predicted molar refractivity (Wildman–Crippen MR) is 85.6 cm³/mol. The molecule has 1 heterocycles. The Morgan fingerprint density at radius 2 is 2.00 bits per heavy atom. The van der Waals surface area contributed by atoms with Gasteiger partial charge in [0.25, 0.3) is 0 Å². The van der Waals surface area contributed by atoms with E-state index in [-0.39, 0.29) is 11.9 Å². The van der Waals surface area contributed by atoms with E-state index in [1.54, 1.807) is 10.9 Å². The number of likely N-dealkylation sites (N-methyl/N-ethyl adjacent to an activating group) is 1. The van der Waals surface area contributed by atoms with E-state index in [0.29, 0.717) is 6.54 Å². The third-order valence-corrected chi connectivity index (χ3v) is 3.26. The lowest BCUT2D eigenvalue weighted by atomic mass is 10.3. The van der Waals surface area contributed by atoms with Crippen molar-refractivity contribution in [3.8, 4) is 0 Å². The maximum atomic E-state index is 12.2. The van der Waals surface area contributed by atoms with Crippen LogP contribution < -0.4 is 10.2 Å². The lowest BCUT2D eigenvalue weighted by Crippen LogP contribution is -2.33. The number of benzene rings is 1. The summed E-state index contributed by atoms with van der Waals surface area (Å²) in [5.41, 5.74) is 1.05. The smallest absolute Gasteiger partial charge is 0.245 e. The Hall–Kier alpha value is -2.30. The van der Waals surface area contributed by atoms with Crippen LogP contribution in [0.1, 0.15) is 26.8 Å². The molecule has 1 amide bonds. The first-order chi connectivity index (χ1) is 10.1. The zero-order chi connectivity index (χ0) is 15.2. The summed E-state index contributed by atoms with van der Waals surface area (Å²) < 4.78 is 1.80. The molecular formula is C16H22N4O. The van der Waals surface area contributed by atoms with Crippen molar-refractivity contribution in [1.82, 2.24) is 9.78 Å². The molecule has 0 spiro atoms. The van der Waals surface area contributed by atoms with Gasteiger partial charge in [0.05, 0.1) is 12.7 Å². The average Bonchev–Trinajstić information content (AvgIpc) is 2.94. The number of carbonyl (C=O) groups excluding carboxylic acids is 1. The van der Waals surface area contributed by atoms with Crippen LogP contribution in [-0.2, 0) is 4.79 Å². The number of hydrogen-bond acceptors (Lipinski definition) is 3. The summed E-state index contributed by atoms with van der Waals surface area (Å²) in [4.78, 5) is 14.3. The number of aromatic nitrogens is 2. The molecule has 0 aliphatic heterocycles. The SMILES string of the molecule is CCN(CC(=O)Nc1ccnn1C(C)C)c1ccccc1. The fraction of sp³-hybridized carbons (Fsp3) is 0.375. The molecule has 2 rings (SSSR count). The Labute approximate surface area is 125 Å². The molecule has 0 fully saturated rings. The van der Waals surface area contributed by atoms with Crippen molar-refractivity contribution >= 4 is 17.4 Å². The van der Waals surface area contributed by atoms with E-state index >= 15 is 0 Å². The maximum Gasteiger partial charge on any atom is 0.245 e. The molecule has 0 saturated heterocycles. The van der Waals surface area contributed by atoms with E-state index in [1.165, 1.54) is 0 Å². The first-order valence-electron chi connectivity index (χ1n) is 7.25. The van der Waals surface area contributed by atoms with Crippen LogP contribution in [0.15, 0.2) is 42.6 Å². The zero-order valence-electron chi connectivity index (χ0n) is 12.8. The van der Waals surface area contributed by atoms with Crippen molar-refractivity contribution in [3.63, 3.8) is 0 Å². The van der Waals surface area contributed by atoms with E-state index < -0.39 is 0 Å². The molecule has 1 N–H and O–H groups in total. The molecule has 0 aliphatic carbocycles. The molecule has 0 radical (unpaired) electrons. The Bertz CT molecular complexity index is 577. The summed E-state index contributed by atoms with van der Waals surface area (Å²) >= 11 is 0. The second-order valence-electron chi connectivity index (χ2n) is 5.15. The number of amides is 1. The highest BCUT2D eigenvalue weighted by molar-refractivity contribution is 5.93. The second-order valence-corrected chi connectivity index (χ2v) is 5.15. The largest absolute Gasteiger partial charge is 0.362 e. The molecule has 0 saturated carbocycles. The second kappa shape index (κ2) is 6.92. The van der Waals surface area contributed by atoms with Crippen LogP contribution in [0.25, 0.3) is 0 Å². The van der Waals surface area contributed by atoms with E-state index in [1.807, 2.05) is 62.1 Å². The minimum absolute atomic E-state index is 0.0388. The molecule has 5 nitrogen and oxygen atoms in total. The van der Waals surface area contributed by atoms with Gasteiger partial charge in [0.15, 0.2) is 0 Å². The lowest BCUT2D eigenvalue weighted by molar-refractivity contribution is -0.115. The van der Waals surface area contributed by atoms with Crippen molar-refractivity contribution in [3.05, 3.63) is 42.6 Å². The quantitative estimate of drug-likeness (QED) is 0.888. The number of nitrogens with zero attached hydrogens (tertiary/aromatic N) is 3. The molecular weight excluding hydrogens is 264 g/mol. The van der Waals surface area contributed by atoms with Crippen molar-refractivity contribution in [2.75, 3.05) is 23.3 Å². The summed E-state index contributed by atoms with van der Waals surface area (Å²) in [6, 6.07) is 12.0. The van der Waals surface area contributed by atoms with Crippen LogP contribution >= 0.6 is 0 Å². The highest BCUT2D eigenvalue weighted by atomic mass is 16.2. The first kappa shape index (κ1) is 15.1. The van der Waals surface area contributed by atoms with Gasteiger partial charge in [-0.2, -0.15) is 5.10 Å². The van der Waals surface area contributed by atoms with Gasteiger partial charge in [-0.25, -0.2) is 4.68 Å². The number of nitrogens with one attached hydrogen (secondary N) is 1. The summed E-state index contributed by atoms with van der Waals surface area (Å²) in [5.74, 6) is 0.696. The molecule has 0 aliphatic rings. The number of rotatable bonds is 6. The summed E-state index contributed by atoms with van der Waals surface area (Å²) in [7, 11) is 0. The number of carbonyl (C=O) groups is 1. The third kappa shape index (κ3) is 3.84. The van der Waals surface area contributed by atoms with Gasteiger partial charge in [0, 0.05) is 24.3 Å². The van der Waals surface area contributed by atoms with Gasteiger partial charge in [-0.05, 0) is 32.9 Å². The molecule has 0 unspecified atom stereocenters. The number of anilines is 2. The highest BCUT2D eigenvalue weighted by Gasteiger charge is 2.13. The van der Waals surface area contributed by atoms with Crippen LogP contribution in [-0.4, -0.2) is 28.8 Å². The van der Waals surface area contributed by atoms with Gasteiger partial charge in [0.2, 0.25) is 5.91 Å². The van der Waals surface area contributed by atoms with Gasteiger partial charge in [-0.15, -0.1) is 0 Å². The minimum atomic E-state index is -0.0388.